The van der Waals surface area contributed by atoms with Crippen molar-refractivity contribution in [2.24, 2.45) is 0 Å². The van der Waals surface area contributed by atoms with Crippen LogP contribution in [0.4, 0.5) is 0 Å². The molecule has 24 rings (SSSR count). The number of hydrogen-bond acceptors (Lipinski definition) is 15. The number of fused-ring (bicyclic) bond motifs is 12. The first-order chi connectivity index (χ1) is 60.7. The molecular weight excluding hydrogens is 2190 g/mol. The van der Waals surface area contributed by atoms with Crippen molar-refractivity contribution < 1.29 is 60.3 Å². The number of rotatable bonds is 6. The summed E-state index contributed by atoms with van der Waals surface area (Å²) in [7, 11) is 0. The predicted molar refractivity (Wildman–Crippen MR) is 519 cm³/mol. The maximum Gasteiger partial charge on any atom is 3.00 e. The molecule has 9 nitrogen and oxygen atoms in total. The van der Waals surface area contributed by atoms with Crippen LogP contribution in [0.25, 0.3) is 159 Å². The van der Waals surface area contributed by atoms with Crippen LogP contribution in [0.15, 0.2) is 382 Å². The third-order valence-corrected chi connectivity index (χ3v) is 24.8. The van der Waals surface area contributed by atoms with Crippen molar-refractivity contribution in [3.8, 4) is 63.4 Å². The van der Waals surface area contributed by atoms with E-state index in [0.29, 0.717) is 0 Å². The van der Waals surface area contributed by atoms with Crippen LogP contribution in [-0.4, -0.2) is 44.9 Å². The van der Waals surface area contributed by atoms with E-state index < -0.39 is 0 Å². The summed E-state index contributed by atoms with van der Waals surface area (Å²) in [5, 5.41) is 18.0. The van der Waals surface area contributed by atoms with Gasteiger partial charge in [0.15, 0.2) is 0 Å². The molecule has 0 unspecified atom stereocenters. The maximum absolute atomic E-state index is 4.42. The number of thiophene rings is 6. The van der Waals surface area contributed by atoms with Gasteiger partial charge in [-0.2, -0.15) is 36.4 Å². The Labute approximate surface area is 797 Å². The quantitative estimate of drug-likeness (QED) is 0.119. The van der Waals surface area contributed by atoms with Crippen molar-refractivity contribution >= 4 is 163 Å². The molecule has 15 heterocycles. The van der Waals surface area contributed by atoms with Crippen LogP contribution in [0.2, 0.25) is 0 Å². The molecule has 0 saturated heterocycles. The number of nitrogens with zero attached hydrogens (tertiary/aromatic N) is 9. The van der Waals surface area contributed by atoms with E-state index >= 15 is 0 Å². The Bertz CT molecular complexity index is 6970. The summed E-state index contributed by atoms with van der Waals surface area (Å²) in [6.45, 7) is 6.30. The summed E-state index contributed by atoms with van der Waals surface area (Å²) in [5.41, 5.74) is 11.7. The normalized spacial score (nSPS) is 10.3. The summed E-state index contributed by atoms with van der Waals surface area (Å²) in [5.74, 6) is 0. The van der Waals surface area contributed by atoms with Crippen molar-refractivity contribution in [2.75, 3.05) is 0 Å². The zero-order valence-electron chi connectivity index (χ0n) is 67.8. The zero-order chi connectivity index (χ0) is 83.6. The van der Waals surface area contributed by atoms with Crippen LogP contribution in [-0.2, 0) is 60.3 Å². The number of pyridine rings is 9. The largest absolute Gasteiger partial charge is 3.00 e. The molecule has 0 N–H and O–H groups in total. The van der Waals surface area contributed by atoms with Gasteiger partial charge in [-0.3, -0.25) is 0 Å². The van der Waals surface area contributed by atoms with Gasteiger partial charge in [0.05, 0.1) is 0 Å². The molecule has 0 bridgehead atoms. The van der Waals surface area contributed by atoms with Gasteiger partial charge >= 0.3 is 60.3 Å². The van der Waals surface area contributed by atoms with Crippen LogP contribution in [0.3, 0.4) is 0 Å². The van der Waals surface area contributed by atoms with E-state index in [1.165, 1.54) is 78.6 Å². The Morgan fingerprint density at radius 3 is 1.00 bits per heavy atom. The van der Waals surface area contributed by atoms with E-state index in [1.54, 1.807) is 86.6 Å². The van der Waals surface area contributed by atoms with Crippen LogP contribution < -0.4 is 0 Å². The summed E-state index contributed by atoms with van der Waals surface area (Å²) < 4.78 is 3.80. The van der Waals surface area contributed by atoms with Gasteiger partial charge in [-0.1, -0.05) is 197 Å². The van der Waals surface area contributed by atoms with Gasteiger partial charge in [0.1, 0.15) is 0 Å². The van der Waals surface area contributed by atoms with Crippen molar-refractivity contribution in [3.05, 3.63) is 453 Å². The Kier molecular flexibility index (Phi) is 33.9. The molecule has 0 aliphatic carbocycles. The number of benzene rings is 9. The molecule has 0 radical (unpaired) electrons. The molecule has 0 saturated carbocycles. The monoisotopic (exact) mass is 2270 g/mol. The smallest absolute Gasteiger partial charge is 0.319 e. The minimum atomic E-state index is 0. The fourth-order valence-electron chi connectivity index (χ4n) is 12.9. The fraction of sp³-hybridized carbons (Fsp3) is 0.0278. The van der Waals surface area contributed by atoms with E-state index in [9.17, 15) is 0 Å². The topological polar surface area (TPSA) is 116 Å². The number of hydrogen-bond donors (Lipinski definition) is 0. The van der Waals surface area contributed by atoms with E-state index in [1.807, 2.05) is 236 Å². The van der Waals surface area contributed by atoms with E-state index in [-0.39, 0.29) is 60.3 Å². The van der Waals surface area contributed by atoms with Gasteiger partial charge in [-0.15, -0.1) is 186 Å². The second kappa shape index (κ2) is 46.7. The third-order valence-electron chi connectivity index (χ3n) is 18.9. The van der Waals surface area contributed by atoms with Gasteiger partial charge < -0.3 is 44.9 Å². The number of aryl methyl sites for hydroxylation is 3. The van der Waals surface area contributed by atoms with E-state index in [4.69, 9.17) is 0 Å². The summed E-state index contributed by atoms with van der Waals surface area (Å²) in [4.78, 5) is 46.7. The summed E-state index contributed by atoms with van der Waals surface area (Å²) in [6.07, 6.45) is 16.3. The van der Waals surface area contributed by atoms with Gasteiger partial charge in [-0.05, 0) is 140 Å². The van der Waals surface area contributed by atoms with Crippen LogP contribution in [0, 0.1) is 75.4 Å². The minimum absolute atomic E-state index is 0. The Hall–Kier alpha value is -12.2. The zero-order valence-corrected chi connectivity index (χ0v) is 79.9. The van der Waals surface area contributed by atoms with Crippen LogP contribution in [0.1, 0.15) is 16.0 Å². The first-order valence-corrected chi connectivity index (χ1v) is 44.3. The van der Waals surface area contributed by atoms with Crippen molar-refractivity contribution in [3.63, 3.8) is 0 Å². The second-order valence-corrected chi connectivity index (χ2v) is 33.6. The molecule has 0 fully saturated rings. The Morgan fingerprint density at radius 2 is 0.603 bits per heavy atom. The second-order valence-electron chi connectivity index (χ2n) is 27.3. The molecule has 18 heteroatoms. The average Bonchev–Trinajstić information content (AvgIpc) is 1.37. The molecule has 0 spiro atoms. The predicted octanol–water partition coefficient (Wildman–Crippen LogP) is 29.6. The van der Waals surface area contributed by atoms with Gasteiger partial charge in [0.2, 0.25) is 0 Å². The summed E-state index contributed by atoms with van der Waals surface area (Å²) in [6, 6.07) is 134. The first kappa shape index (κ1) is 91.5. The van der Waals surface area contributed by atoms with Crippen molar-refractivity contribution in [1.29, 1.82) is 0 Å². The van der Waals surface area contributed by atoms with Gasteiger partial charge in [0.25, 0.3) is 0 Å². The average molecular weight is 2260 g/mol. The SMILES string of the molecule is Cc1c[c-]c(-c2ccccn2)s1.Cc1cc[c-]c2c1ccc1cccnc12.Cc1ccc2[c-]c(-c3ccccn3)sc2c1.[Ir+3].[Ir+3].[Ir+3].[c-]1c(-c2ccccn2)sc2ccccc12.[c-]1c(-c2ccccn2)sc2ccccc12.[c-]1cccc2ccc3cccnc3c12.[c-]1cccc2ccc3cccnc3c12.[c-]1ccsc1-c1ccccn1.[c-]1ccsc1-c1ccccn1. The molecule has 126 heavy (non-hydrogen) atoms. The Morgan fingerprint density at radius 1 is 0.246 bits per heavy atom. The maximum atomic E-state index is 4.42. The van der Waals surface area contributed by atoms with Crippen LogP contribution >= 0.6 is 68.0 Å². The van der Waals surface area contributed by atoms with Crippen LogP contribution in [0.5, 0.6) is 0 Å². The molecule has 24 aromatic rings. The molecule has 0 aliphatic rings. The van der Waals surface area contributed by atoms with Gasteiger partial charge in [0, 0.05) is 72.9 Å². The molecule has 15 aromatic heterocycles. The standard InChI is InChI=1S/C14H10NS.C14H10N.2C13H8NS.2C13H8N.C10H8NS.2C9H6NS.3Ir/c1-10-5-6-11-9-14(16-13(11)8-10)12-4-2-3-7-15-12;1-10-4-2-6-13-12(10)8-7-11-5-3-9-15-14(11)13;2*1-2-7-12-10(5-1)9-13(15-12)11-6-3-4-8-14-11;2*1-2-6-12-10(4-1)7-8-11-5-3-9-14-13(11)12;1-8-5-6-10(12-8)9-4-2-3-7-11-9;2*1-2-6-10-8(4-1)9-5-3-7-11-9;;;/h2-8H,1H3;2-5,7-9H,1H3;2*1-8H;2*1-5,7-9H;2-5,7H,1H3;2*1-4,6-7H;;;/q9*-1;3*+3. The molecule has 612 valence electrons. The molecule has 0 atom stereocenters. The molecule has 0 aliphatic heterocycles. The first-order valence-electron chi connectivity index (χ1n) is 39.3. The molecule has 0 amide bonds. The summed E-state index contributed by atoms with van der Waals surface area (Å²) >= 11 is 10.2. The van der Waals surface area contributed by atoms with E-state index in [2.05, 4.69) is 248 Å². The van der Waals surface area contributed by atoms with Crippen molar-refractivity contribution in [1.82, 2.24) is 44.9 Å². The Balaban J connectivity index is 0.000000121. The number of aromatic nitrogens is 9. The fourth-order valence-corrected chi connectivity index (χ4v) is 18.1. The minimum Gasteiger partial charge on any atom is -0.319 e. The molecule has 9 aromatic carbocycles. The van der Waals surface area contributed by atoms with E-state index in [0.717, 1.165) is 96.1 Å². The molecular formula is C108H72Ir3N9S6. The third kappa shape index (κ3) is 24.3. The van der Waals surface area contributed by atoms with Gasteiger partial charge in [-0.25, -0.2) is 68.0 Å². The van der Waals surface area contributed by atoms with Crippen molar-refractivity contribution in [2.45, 2.75) is 20.8 Å².